The number of anilines is 1. The van der Waals surface area contributed by atoms with Crippen LogP contribution in [0.1, 0.15) is 56.0 Å². The summed E-state index contributed by atoms with van der Waals surface area (Å²) in [7, 11) is 0. The number of carbonyl (C=O) groups excluding carboxylic acids is 2. The number of aliphatic hydroxyl groups is 1. The first-order valence-electron chi connectivity index (χ1n) is 13.9. The van der Waals surface area contributed by atoms with Crippen molar-refractivity contribution in [2.45, 2.75) is 57.7 Å². The summed E-state index contributed by atoms with van der Waals surface area (Å²) in [5.74, 6) is -0.402. The topological polar surface area (TPSA) is 76.1 Å². The van der Waals surface area contributed by atoms with Crippen molar-refractivity contribution in [2.24, 2.45) is 5.41 Å². The second kappa shape index (κ2) is 11.3. The summed E-state index contributed by atoms with van der Waals surface area (Å²) < 4.78 is 0. The third kappa shape index (κ3) is 6.09. The van der Waals surface area contributed by atoms with Crippen LogP contribution in [0.5, 0.6) is 0 Å². The first kappa shape index (κ1) is 29.5. The molecule has 3 aliphatic heterocycles. The number of halogens is 3. The smallest absolute Gasteiger partial charge is 0.258 e. The normalized spacial score (nSPS) is 21.7. The van der Waals surface area contributed by atoms with E-state index in [1.54, 1.807) is 41.3 Å². The van der Waals surface area contributed by atoms with Crippen LogP contribution >= 0.6 is 34.8 Å². The highest BCUT2D eigenvalue weighted by Gasteiger charge is 2.40. The molecule has 2 aromatic rings. The van der Waals surface area contributed by atoms with Gasteiger partial charge in [-0.25, -0.2) is 0 Å². The summed E-state index contributed by atoms with van der Waals surface area (Å²) in [5, 5.41) is 15.7. The Hall–Kier alpha value is -2.03. The van der Waals surface area contributed by atoms with Crippen LogP contribution in [-0.2, 0) is 10.4 Å². The number of carbonyl (C=O) groups is 2. The molecule has 0 spiro atoms. The van der Waals surface area contributed by atoms with Gasteiger partial charge in [-0.2, -0.15) is 0 Å². The Morgan fingerprint density at radius 1 is 1.00 bits per heavy atom. The van der Waals surface area contributed by atoms with Gasteiger partial charge in [-0.1, -0.05) is 60.8 Å². The number of piperidine rings is 1. The van der Waals surface area contributed by atoms with Crippen LogP contribution < -0.4 is 5.32 Å². The first-order valence-corrected chi connectivity index (χ1v) is 15.0. The molecule has 7 nitrogen and oxygen atoms in total. The van der Waals surface area contributed by atoms with Crippen molar-refractivity contribution in [3.63, 3.8) is 0 Å². The molecule has 40 heavy (non-hydrogen) atoms. The average molecular weight is 608 g/mol. The molecule has 0 unspecified atom stereocenters. The largest absolute Gasteiger partial charge is 0.380 e. The molecule has 0 saturated carbocycles. The van der Waals surface area contributed by atoms with Crippen LogP contribution in [0.25, 0.3) is 0 Å². The van der Waals surface area contributed by atoms with Crippen molar-refractivity contribution in [3.05, 3.63) is 62.6 Å². The first-order chi connectivity index (χ1) is 18.8. The van der Waals surface area contributed by atoms with Crippen LogP contribution in [0, 0.1) is 5.41 Å². The van der Waals surface area contributed by atoms with Crippen molar-refractivity contribution in [2.75, 3.05) is 44.6 Å². The van der Waals surface area contributed by atoms with Crippen LogP contribution in [0.15, 0.2) is 36.4 Å². The lowest BCUT2D eigenvalue weighted by atomic mass is 9.92. The summed E-state index contributed by atoms with van der Waals surface area (Å²) in [6.07, 6.45) is 2.67. The third-order valence-electron chi connectivity index (χ3n) is 8.57. The van der Waals surface area contributed by atoms with Crippen molar-refractivity contribution < 1.29 is 14.7 Å². The van der Waals surface area contributed by atoms with Gasteiger partial charge in [0.25, 0.3) is 11.8 Å². The molecule has 2 aromatic carbocycles. The average Bonchev–Trinajstić information content (AvgIpc) is 3.25. The summed E-state index contributed by atoms with van der Waals surface area (Å²) in [5.41, 5.74) is 0.173. The van der Waals surface area contributed by atoms with E-state index in [9.17, 15) is 14.7 Å². The van der Waals surface area contributed by atoms with Crippen LogP contribution in [0.2, 0.25) is 15.1 Å². The van der Waals surface area contributed by atoms with Crippen LogP contribution in [-0.4, -0.2) is 83.0 Å². The van der Waals surface area contributed by atoms with Gasteiger partial charge in [-0.05, 0) is 61.4 Å². The maximum Gasteiger partial charge on any atom is 0.258 e. The summed E-state index contributed by atoms with van der Waals surface area (Å²) >= 11 is 19.2. The maximum absolute atomic E-state index is 13.1. The number of nitrogens with zero attached hydrogens (tertiary/aromatic N) is 3. The zero-order chi connectivity index (χ0) is 28.8. The number of likely N-dealkylation sites (tertiary alicyclic amines) is 3. The molecule has 3 aliphatic rings. The molecule has 216 valence electrons. The van der Waals surface area contributed by atoms with Gasteiger partial charge < -0.3 is 20.2 Å². The van der Waals surface area contributed by atoms with Gasteiger partial charge in [-0.3, -0.25) is 14.5 Å². The Kier molecular flexibility index (Phi) is 8.35. The predicted molar refractivity (Wildman–Crippen MR) is 160 cm³/mol. The molecule has 3 saturated heterocycles. The van der Waals surface area contributed by atoms with E-state index in [4.69, 9.17) is 34.8 Å². The third-order valence-corrected chi connectivity index (χ3v) is 9.40. The van der Waals surface area contributed by atoms with Gasteiger partial charge in [0.05, 0.1) is 21.7 Å². The van der Waals surface area contributed by atoms with E-state index in [2.05, 4.69) is 24.1 Å². The highest BCUT2D eigenvalue weighted by molar-refractivity contribution is 6.40. The van der Waals surface area contributed by atoms with E-state index >= 15 is 0 Å². The molecule has 1 atom stereocenters. The monoisotopic (exact) mass is 606 g/mol. The quantitative estimate of drug-likeness (QED) is 0.453. The zero-order valence-corrected chi connectivity index (χ0v) is 25.5. The number of hydrogen-bond acceptors (Lipinski definition) is 5. The second-order valence-corrected chi connectivity index (χ2v) is 13.6. The second-order valence-electron chi connectivity index (χ2n) is 12.4. The molecule has 2 N–H and O–H groups in total. The minimum atomic E-state index is -1.61. The Labute approximate surface area is 251 Å². The van der Waals surface area contributed by atoms with E-state index in [0.717, 1.165) is 38.0 Å². The van der Waals surface area contributed by atoms with Gasteiger partial charge in [-0.15, -0.1) is 0 Å². The molecule has 10 heteroatoms. The molecule has 3 heterocycles. The zero-order valence-electron chi connectivity index (χ0n) is 23.2. The highest BCUT2D eigenvalue weighted by atomic mass is 35.5. The molecule has 0 aromatic heterocycles. The summed E-state index contributed by atoms with van der Waals surface area (Å²) in [6.45, 7) is 10.2. The van der Waals surface area contributed by atoms with Crippen molar-refractivity contribution in [1.29, 1.82) is 0 Å². The Balaban J connectivity index is 1.11. The van der Waals surface area contributed by atoms with Crippen molar-refractivity contribution >= 4 is 52.3 Å². The molecule has 3 fully saturated rings. The lowest BCUT2D eigenvalue weighted by molar-refractivity contribution is -0.152. The van der Waals surface area contributed by atoms with E-state index in [0.29, 0.717) is 58.4 Å². The van der Waals surface area contributed by atoms with E-state index < -0.39 is 5.60 Å². The molecule has 2 amide bonds. The van der Waals surface area contributed by atoms with E-state index in [1.165, 1.54) is 6.92 Å². The molecular weight excluding hydrogens is 571 g/mol. The molecule has 0 bridgehead atoms. The number of benzene rings is 2. The SMILES string of the molecule is CC1(C)CCN(C(=O)c2c(Cl)cc(NC3CN(C4CCN(C(=O)[C@@](C)(O)c5cccc(Cl)c5)CC4)C3)cc2Cl)C1. The fourth-order valence-corrected chi connectivity index (χ4v) is 6.94. The highest BCUT2D eigenvalue weighted by Crippen LogP contribution is 2.35. The van der Waals surface area contributed by atoms with E-state index in [1.807, 2.05) is 4.90 Å². The van der Waals surface area contributed by atoms with Crippen molar-refractivity contribution in [3.8, 4) is 0 Å². The van der Waals surface area contributed by atoms with Crippen molar-refractivity contribution in [1.82, 2.24) is 14.7 Å². The molecule has 0 radical (unpaired) electrons. The minimum Gasteiger partial charge on any atom is -0.380 e. The van der Waals surface area contributed by atoms with Gasteiger partial charge in [0.15, 0.2) is 5.60 Å². The fourth-order valence-electron chi connectivity index (χ4n) is 6.10. The number of amides is 2. The minimum absolute atomic E-state index is 0.106. The van der Waals surface area contributed by atoms with Gasteiger partial charge >= 0.3 is 0 Å². The fraction of sp³-hybridized carbons (Fsp3) is 0.533. The van der Waals surface area contributed by atoms with Crippen LogP contribution in [0.3, 0.4) is 0 Å². The van der Waals surface area contributed by atoms with Gasteiger partial charge in [0.1, 0.15) is 0 Å². The van der Waals surface area contributed by atoms with Gasteiger partial charge in [0, 0.05) is 56.0 Å². The predicted octanol–water partition coefficient (Wildman–Crippen LogP) is 5.51. The number of rotatable bonds is 6. The number of nitrogens with one attached hydrogen (secondary N) is 1. The Bertz CT molecular complexity index is 1260. The Morgan fingerprint density at radius 2 is 1.65 bits per heavy atom. The van der Waals surface area contributed by atoms with E-state index in [-0.39, 0.29) is 23.3 Å². The Morgan fingerprint density at radius 3 is 2.23 bits per heavy atom. The lowest BCUT2D eigenvalue weighted by Crippen LogP contribution is -2.61. The summed E-state index contributed by atoms with van der Waals surface area (Å²) in [4.78, 5) is 32.2. The molecular formula is C30H37Cl3N4O3. The molecule has 5 rings (SSSR count). The van der Waals surface area contributed by atoms with Crippen LogP contribution in [0.4, 0.5) is 5.69 Å². The number of hydrogen-bond donors (Lipinski definition) is 2. The standard InChI is InChI=1S/C30H37Cl3N4O3/c1-29(2)9-12-36(18-29)27(38)26-24(32)14-21(15-25(26)33)34-22-16-37(17-22)23-7-10-35(11-8-23)28(39)30(3,40)19-5-4-6-20(31)13-19/h4-6,13-15,22-23,34,40H,7-12,16-18H2,1-3H3/t30-/m0/s1. The van der Waals surface area contributed by atoms with Gasteiger partial charge in [0.2, 0.25) is 0 Å². The molecule has 0 aliphatic carbocycles. The lowest BCUT2D eigenvalue weighted by Gasteiger charge is -2.48. The summed E-state index contributed by atoms with van der Waals surface area (Å²) in [6, 6.07) is 11.0. The maximum atomic E-state index is 13.1.